The lowest BCUT2D eigenvalue weighted by atomic mass is 10.1. The number of fused-ring (bicyclic) bond motifs is 1. The van der Waals surface area contributed by atoms with Crippen molar-refractivity contribution in [2.45, 2.75) is 6.92 Å². The Morgan fingerprint density at radius 2 is 2.21 bits per heavy atom. The molecule has 3 rings (SSSR count). The predicted molar refractivity (Wildman–Crippen MR) is 69.2 cm³/mol. The Kier molecular flexibility index (Phi) is 2.38. The number of imidazole rings is 1. The van der Waals surface area contributed by atoms with Gasteiger partial charge in [0.2, 0.25) is 0 Å². The molecule has 0 amide bonds. The van der Waals surface area contributed by atoms with Crippen molar-refractivity contribution in [1.82, 2.24) is 14.5 Å². The Morgan fingerprint density at radius 3 is 2.95 bits per heavy atom. The van der Waals surface area contributed by atoms with Crippen molar-refractivity contribution in [2.75, 3.05) is 0 Å². The summed E-state index contributed by atoms with van der Waals surface area (Å²) in [5.74, 6) is 0.247. The van der Waals surface area contributed by atoms with Gasteiger partial charge in [-0.3, -0.25) is 9.78 Å². The van der Waals surface area contributed by atoms with Gasteiger partial charge in [0, 0.05) is 12.6 Å². The van der Waals surface area contributed by atoms with Crippen LogP contribution >= 0.6 is 0 Å². The Labute approximate surface area is 107 Å². The second kappa shape index (κ2) is 3.94. The number of nitrogens with one attached hydrogen (secondary N) is 1. The molecule has 2 aromatic heterocycles. The summed E-state index contributed by atoms with van der Waals surface area (Å²) >= 11 is 0. The molecule has 0 saturated carbocycles. The van der Waals surface area contributed by atoms with E-state index >= 15 is 0 Å². The number of H-pyrrole nitrogens is 1. The van der Waals surface area contributed by atoms with Crippen LogP contribution in [0.2, 0.25) is 0 Å². The molecular formula is C13H11N3O3. The van der Waals surface area contributed by atoms with Crippen LogP contribution in [0, 0.1) is 6.92 Å². The Morgan fingerprint density at radius 1 is 1.42 bits per heavy atom. The highest BCUT2D eigenvalue weighted by molar-refractivity contribution is 5.87. The van der Waals surface area contributed by atoms with E-state index in [1.54, 1.807) is 12.1 Å². The number of hydrogen-bond acceptors (Lipinski definition) is 4. The predicted octanol–water partition coefficient (Wildman–Crippen LogP) is 1.64. The minimum Gasteiger partial charge on any atom is -0.408 e. The number of benzene rings is 1. The van der Waals surface area contributed by atoms with Crippen LogP contribution in [0.1, 0.15) is 16.3 Å². The van der Waals surface area contributed by atoms with Gasteiger partial charge in [-0.1, -0.05) is 6.07 Å². The fraction of sp³-hybridized carbons (Fsp3) is 0.154. The van der Waals surface area contributed by atoms with Crippen LogP contribution in [0.4, 0.5) is 0 Å². The Balaban J connectivity index is 2.29. The molecule has 0 saturated heterocycles. The number of hydrogen-bond donors (Lipinski definition) is 1. The minimum atomic E-state index is -0.496. The molecule has 0 aliphatic rings. The van der Waals surface area contributed by atoms with E-state index in [9.17, 15) is 9.59 Å². The molecule has 6 heteroatoms. The lowest BCUT2D eigenvalue weighted by Crippen LogP contribution is -1.95. The van der Waals surface area contributed by atoms with Crippen molar-refractivity contribution in [3.63, 3.8) is 0 Å². The molecule has 0 aliphatic carbocycles. The van der Waals surface area contributed by atoms with Crippen LogP contribution in [-0.4, -0.2) is 20.8 Å². The fourth-order valence-electron chi connectivity index (χ4n) is 2.15. The van der Waals surface area contributed by atoms with Crippen LogP contribution in [0.3, 0.4) is 0 Å². The Hall–Kier alpha value is -2.63. The molecule has 1 N–H and O–H groups in total. The Bertz CT molecular complexity index is 839. The van der Waals surface area contributed by atoms with E-state index in [1.807, 2.05) is 24.6 Å². The standard InChI is InChI=1S/C13H11N3O3/c1-7-14-10(6-17)12(16(7)2)8-3-4-9-11(5-8)19-13(18)15-9/h3-6H,1-2H3,(H,15,18). The van der Waals surface area contributed by atoms with Gasteiger partial charge in [-0.15, -0.1) is 0 Å². The van der Waals surface area contributed by atoms with Gasteiger partial charge in [-0.2, -0.15) is 0 Å². The SMILES string of the molecule is Cc1nc(C=O)c(-c2ccc3[nH]c(=O)oc3c2)n1C. The molecule has 96 valence electrons. The number of aromatic amines is 1. The van der Waals surface area contributed by atoms with E-state index in [2.05, 4.69) is 9.97 Å². The van der Waals surface area contributed by atoms with Gasteiger partial charge in [-0.25, -0.2) is 9.78 Å². The van der Waals surface area contributed by atoms with Crippen LogP contribution in [0.5, 0.6) is 0 Å². The third-order valence-electron chi connectivity index (χ3n) is 3.15. The maximum absolute atomic E-state index is 11.1. The molecule has 0 unspecified atom stereocenters. The van der Waals surface area contributed by atoms with Crippen molar-refractivity contribution in [2.24, 2.45) is 7.05 Å². The second-order valence-electron chi connectivity index (χ2n) is 4.30. The van der Waals surface area contributed by atoms with Gasteiger partial charge in [-0.05, 0) is 19.1 Å². The van der Waals surface area contributed by atoms with Crippen molar-refractivity contribution in [1.29, 1.82) is 0 Å². The van der Waals surface area contributed by atoms with Crippen LogP contribution in [0.15, 0.2) is 27.4 Å². The first-order valence-corrected chi connectivity index (χ1v) is 5.72. The van der Waals surface area contributed by atoms with E-state index in [0.29, 0.717) is 22.5 Å². The maximum atomic E-state index is 11.1. The van der Waals surface area contributed by atoms with Gasteiger partial charge >= 0.3 is 5.76 Å². The second-order valence-corrected chi connectivity index (χ2v) is 4.30. The van der Waals surface area contributed by atoms with E-state index in [-0.39, 0.29) is 0 Å². The van der Waals surface area contributed by atoms with E-state index in [1.165, 1.54) is 0 Å². The molecule has 2 heterocycles. The molecule has 0 fully saturated rings. The summed E-state index contributed by atoms with van der Waals surface area (Å²) in [5, 5.41) is 0. The summed E-state index contributed by atoms with van der Waals surface area (Å²) in [7, 11) is 1.84. The molecule has 0 radical (unpaired) electrons. The van der Waals surface area contributed by atoms with E-state index in [0.717, 1.165) is 17.7 Å². The molecular weight excluding hydrogens is 246 g/mol. The number of aryl methyl sites for hydroxylation is 1. The van der Waals surface area contributed by atoms with Crippen molar-refractivity contribution in [3.8, 4) is 11.3 Å². The highest BCUT2D eigenvalue weighted by Crippen LogP contribution is 2.26. The summed E-state index contributed by atoms with van der Waals surface area (Å²) in [6.45, 7) is 1.82. The first-order chi connectivity index (χ1) is 9.10. The highest BCUT2D eigenvalue weighted by atomic mass is 16.4. The zero-order valence-electron chi connectivity index (χ0n) is 10.4. The number of aromatic nitrogens is 3. The first-order valence-electron chi connectivity index (χ1n) is 5.72. The maximum Gasteiger partial charge on any atom is 0.417 e. The summed E-state index contributed by atoms with van der Waals surface area (Å²) < 4.78 is 6.85. The summed E-state index contributed by atoms with van der Waals surface area (Å²) in [6.07, 6.45) is 0.722. The quantitative estimate of drug-likeness (QED) is 0.708. The monoisotopic (exact) mass is 257 g/mol. The van der Waals surface area contributed by atoms with Gasteiger partial charge in [0.05, 0.1) is 11.2 Å². The summed E-state index contributed by atoms with van der Waals surface area (Å²) in [4.78, 5) is 29.0. The van der Waals surface area contributed by atoms with E-state index < -0.39 is 5.76 Å². The number of aldehydes is 1. The lowest BCUT2D eigenvalue weighted by Gasteiger charge is -2.04. The molecule has 1 aromatic carbocycles. The molecule has 0 aliphatic heterocycles. The average molecular weight is 257 g/mol. The van der Waals surface area contributed by atoms with E-state index in [4.69, 9.17) is 4.42 Å². The zero-order chi connectivity index (χ0) is 13.6. The fourth-order valence-corrected chi connectivity index (χ4v) is 2.15. The van der Waals surface area contributed by atoms with Gasteiger partial charge < -0.3 is 8.98 Å². The third-order valence-corrected chi connectivity index (χ3v) is 3.15. The largest absolute Gasteiger partial charge is 0.417 e. The van der Waals surface area contributed by atoms with Crippen LogP contribution in [0.25, 0.3) is 22.4 Å². The van der Waals surface area contributed by atoms with Crippen molar-refractivity contribution in [3.05, 3.63) is 40.3 Å². The molecule has 0 bridgehead atoms. The normalized spacial score (nSPS) is 11.1. The summed E-state index contributed by atoms with van der Waals surface area (Å²) in [5.41, 5.74) is 2.94. The van der Waals surface area contributed by atoms with Gasteiger partial charge in [0.25, 0.3) is 0 Å². The number of rotatable bonds is 2. The van der Waals surface area contributed by atoms with Crippen LogP contribution in [-0.2, 0) is 7.05 Å². The number of carbonyl (C=O) groups is 1. The first kappa shape index (κ1) is 11.5. The number of oxazole rings is 1. The minimum absolute atomic E-state index is 0.372. The van der Waals surface area contributed by atoms with Crippen molar-refractivity contribution < 1.29 is 9.21 Å². The molecule has 6 nitrogen and oxygen atoms in total. The smallest absolute Gasteiger partial charge is 0.408 e. The molecule has 0 spiro atoms. The topological polar surface area (TPSA) is 80.9 Å². The lowest BCUT2D eigenvalue weighted by molar-refractivity contribution is 0.112. The van der Waals surface area contributed by atoms with Gasteiger partial charge in [0.1, 0.15) is 11.5 Å². The highest BCUT2D eigenvalue weighted by Gasteiger charge is 2.14. The molecule has 3 aromatic rings. The molecule has 19 heavy (non-hydrogen) atoms. The van der Waals surface area contributed by atoms with Crippen LogP contribution < -0.4 is 5.76 Å². The summed E-state index contributed by atoms with van der Waals surface area (Å²) in [6, 6.07) is 5.28. The average Bonchev–Trinajstić information content (AvgIpc) is 2.88. The third kappa shape index (κ3) is 1.69. The molecule has 0 atom stereocenters. The van der Waals surface area contributed by atoms with Crippen molar-refractivity contribution >= 4 is 17.4 Å². The van der Waals surface area contributed by atoms with Gasteiger partial charge in [0.15, 0.2) is 11.9 Å². The zero-order valence-corrected chi connectivity index (χ0v) is 10.4. The number of carbonyl (C=O) groups excluding carboxylic acids is 1. The number of nitrogens with zero attached hydrogens (tertiary/aromatic N) is 2.